The molecule has 2 rings (SSSR count). The van der Waals surface area contributed by atoms with Gasteiger partial charge in [0.05, 0.1) is 22.8 Å². The zero-order valence-electron chi connectivity index (χ0n) is 12.3. The topological polar surface area (TPSA) is 74.5 Å². The number of hydrazone groups is 1. The van der Waals surface area contributed by atoms with Crippen LogP contribution in [-0.4, -0.2) is 18.6 Å². The summed E-state index contributed by atoms with van der Waals surface area (Å²) in [7, 11) is 1.52. The minimum Gasteiger partial charge on any atom is -0.497 e. The van der Waals surface area contributed by atoms with Crippen LogP contribution >= 0.6 is 34.8 Å². The van der Waals surface area contributed by atoms with Crippen LogP contribution in [-0.2, 0) is 0 Å². The molecule has 0 spiro atoms. The Bertz CT molecular complexity index is 820. The van der Waals surface area contributed by atoms with Gasteiger partial charge in [0, 0.05) is 10.6 Å². The molecular weight excluding hydrogens is 373 g/mol. The third kappa shape index (κ3) is 4.18. The van der Waals surface area contributed by atoms with Crippen molar-refractivity contribution in [1.29, 1.82) is 5.26 Å². The second kappa shape index (κ2) is 8.02. The number of nitrogens with one attached hydrogen (secondary N) is 1. The van der Waals surface area contributed by atoms with Crippen LogP contribution in [0.15, 0.2) is 41.5 Å². The van der Waals surface area contributed by atoms with E-state index in [-0.39, 0.29) is 21.4 Å². The third-order valence-electron chi connectivity index (χ3n) is 2.96. The third-order valence-corrected chi connectivity index (χ3v) is 3.77. The number of methoxy groups -OCH3 is 1. The van der Waals surface area contributed by atoms with E-state index in [0.29, 0.717) is 16.3 Å². The standard InChI is InChI=1S/C16H10Cl3N3O2/c1-24-11-4-2-9(3-5-11)16(23)14(8-20)21-22-15-12(18)6-10(17)7-13(15)19/h2-7,22H,1H3. The first-order valence-electron chi connectivity index (χ1n) is 6.53. The summed E-state index contributed by atoms with van der Waals surface area (Å²) in [5.74, 6) is 0.0497. The van der Waals surface area contributed by atoms with Gasteiger partial charge in [-0.1, -0.05) is 34.8 Å². The van der Waals surface area contributed by atoms with Gasteiger partial charge < -0.3 is 4.74 Å². The Labute approximate surface area is 153 Å². The first-order valence-corrected chi connectivity index (χ1v) is 7.66. The number of carbonyl (C=O) groups is 1. The number of rotatable bonds is 5. The first-order chi connectivity index (χ1) is 11.5. The maximum Gasteiger partial charge on any atom is 0.223 e. The summed E-state index contributed by atoms with van der Waals surface area (Å²) < 4.78 is 5.02. The molecule has 122 valence electrons. The van der Waals surface area contributed by atoms with Crippen LogP contribution in [0.3, 0.4) is 0 Å². The molecule has 0 atom stereocenters. The largest absolute Gasteiger partial charge is 0.497 e. The molecule has 0 aliphatic carbocycles. The number of halogens is 3. The summed E-state index contributed by atoms with van der Waals surface area (Å²) >= 11 is 17.8. The maximum absolute atomic E-state index is 12.3. The lowest BCUT2D eigenvalue weighted by atomic mass is 10.1. The Kier molecular flexibility index (Phi) is 6.04. The zero-order chi connectivity index (χ0) is 17.7. The molecule has 0 aliphatic heterocycles. The Balaban J connectivity index is 2.26. The average molecular weight is 383 g/mol. The highest BCUT2D eigenvalue weighted by molar-refractivity contribution is 6.51. The van der Waals surface area contributed by atoms with E-state index in [1.807, 2.05) is 0 Å². The summed E-state index contributed by atoms with van der Waals surface area (Å²) in [6.45, 7) is 0. The number of ether oxygens (including phenoxy) is 1. The number of ketones is 1. The number of carbonyl (C=O) groups excluding carboxylic acids is 1. The van der Waals surface area contributed by atoms with E-state index >= 15 is 0 Å². The number of Topliss-reactive ketones (excluding diaryl/α,β-unsaturated/α-hetero) is 1. The van der Waals surface area contributed by atoms with Crippen LogP contribution in [0.2, 0.25) is 15.1 Å². The van der Waals surface area contributed by atoms with Crippen molar-refractivity contribution in [2.75, 3.05) is 12.5 Å². The van der Waals surface area contributed by atoms with Crippen LogP contribution in [0.5, 0.6) is 5.75 Å². The summed E-state index contributed by atoms with van der Waals surface area (Å²) in [5, 5.41) is 13.7. The average Bonchev–Trinajstić information content (AvgIpc) is 2.57. The second-order valence-electron chi connectivity index (χ2n) is 4.49. The van der Waals surface area contributed by atoms with E-state index in [4.69, 9.17) is 44.8 Å². The smallest absolute Gasteiger partial charge is 0.223 e. The van der Waals surface area contributed by atoms with E-state index in [0.717, 1.165) is 0 Å². The van der Waals surface area contributed by atoms with Crippen LogP contribution < -0.4 is 10.2 Å². The summed E-state index contributed by atoms with van der Waals surface area (Å²) in [4.78, 5) is 12.3. The van der Waals surface area contributed by atoms with Crippen LogP contribution in [0, 0.1) is 11.3 Å². The van der Waals surface area contributed by atoms with Crippen molar-refractivity contribution in [3.63, 3.8) is 0 Å². The lowest BCUT2D eigenvalue weighted by Gasteiger charge is -2.07. The minimum atomic E-state index is -0.547. The summed E-state index contributed by atoms with van der Waals surface area (Å²) in [6.07, 6.45) is 0. The number of anilines is 1. The van der Waals surface area contributed by atoms with Gasteiger partial charge in [-0.15, -0.1) is 0 Å². The van der Waals surface area contributed by atoms with E-state index in [9.17, 15) is 4.79 Å². The summed E-state index contributed by atoms with van der Waals surface area (Å²) in [5.41, 5.74) is 2.73. The van der Waals surface area contributed by atoms with Crippen LogP contribution in [0.1, 0.15) is 10.4 Å². The van der Waals surface area contributed by atoms with E-state index in [1.54, 1.807) is 18.2 Å². The van der Waals surface area contributed by atoms with Gasteiger partial charge in [-0.05, 0) is 36.4 Å². The fourth-order valence-corrected chi connectivity index (χ4v) is 2.67. The summed E-state index contributed by atoms with van der Waals surface area (Å²) in [6, 6.07) is 11.0. The van der Waals surface area contributed by atoms with Crippen molar-refractivity contribution >= 4 is 52.0 Å². The van der Waals surface area contributed by atoms with Crippen molar-refractivity contribution in [1.82, 2.24) is 0 Å². The molecule has 0 saturated carbocycles. The molecule has 0 bridgehead atoms. The van der Waals surface area contributed by atoms with Crippen molar-refractivity contribution in [3.05, 3.63) is 57.0 Å². The van der Waals surface area contributed by atoms with E-state index in [1.165, 1.54) is 31.4 Å². The lowest BCUT2D eigenvalue weighted by Crippen LogP contribution is -2.14. The van der Waals surface area contributed by atoms with Crippen molar-refractivity contribution in [3.8, 4) is 11.8 Å². The predicted octanol–water partition coefficient (Wildman–Crippen LogP) is 4.83. The van der Waals surface area contributed by atoms with Gasteiger partial charge in [-0.2, -0.15) is 10.4 Å². The quantitative estimate of drug-likeness (QED) is 0.456. The van der Waals surface area contributed by atoms with Gasteiger partial charge in [0.2, 0.25) is 11.5 Å². The second-order valence-corrected chi connectivity index (χ2v) is 5.74. The molecule has 24 heavy (non-hydrogen) atoms. The number of hydrogen-bond acceptors (Lipinski definition) is 5. The predicted molar refractivity (Wildman–Crippen MR) is 95.5 cm³/mol. The molecule has 1 N–H and O–H groups in total. The highest BCUT2D eigenvalue weighted by atomic mass is 35.5. The SMILES string of the molecule is COc1ccc(C(=O)C(C#N)=NNc2c(Cl)cc(Cl)cc2Cl)cc1. The van der Waals surface area contributed by atoms with Gasteiger partial charge in [0.1, 0.15) is 11.8 Å². The molecule has 2 aromatic carbocycles. The molecule has 0 aromatic heterocycles. The van der Waals surface area contributed by atoms with Gasteiger partial charge in [-0.25, -0.2) is 0 Å². The minimum absolute atomic E-state index is 0.213. The van der Waals surface area contributed by atoms with Gasteiger partial charge in [0.15, 0.2) is 0 Å². The molecule has 0 saturated heterocycles. The molecule has 2 aromatic rings. The molecule has 0 amide bonds. The Morgan fingerprint density at radius 1 is 1.17 bits per heavy atom. The van der Waals surface area contributed by atoms with Crippen molar-refractivity contribution < 1.29 is 9.53 Å². The van der Waals surface area contributed by atoms with Crippen molar-refractivity contribution in [2.45, 2.75) is 0 Å². The fraction of sp³-hybridized carbons (Fsp3) is 0.0625. The fourth-order valence-electron chi connectivity index (χ4n) is 1.77. The monoisotopic (exact) mass is 381 g/mol. The van der Waals surface area contributed by atoms with E-state index < -0.39 is 5.78 Å². The normalized spacial score (nSPS) is 10.9. The maximum atomic E-state index is 12.3. The van der Waals surface area contributed by atoms with Crippen LogP contribution in [0.25, 0.3) is 0 Å². The number of hydrogen-bond donors (Lipinski definition) is 1. The molecule has 0 unspecified atom stereocenters. The Hall–Kier alpha value is -2.26. The first kappa shape index (κ1) is 18.1. The molecule has 0 heterocycles. The number of nitriles is 1. The molecular formula is C16H10Cl3N3O2. The van der Waals surface area contributed by atoms with E-state index in [2.05, 4.69) is 10.5 Å². The number of benzene rings is 2. The van der Waals surface area contributed by atoms with Crippen molar-refractivity contribution in [2.24, 2.45) is 5.10 Å². The Morgan fingerprint density at radius 3 is 2.25 bits per heavy atom. The van der Waals surface area contributed by atoms with Crippen LogP contribution in [0.4, 0.5) is 5.69 Å². The highest BCUT2D eigenvalue weighted by Crippen LogP contribution is 2.33. The molecule has 0 fully saturated rings. The highest BCUT2D eigenvalue weighted by Gasteiger charge is 2.15. The molecule has 0 radical (unpaired) electrons. The molecule has 8 heteroatoms. The van der Waals surface area contributed by atoms with Gasteiger partial charge in [-0.3, -0.25) is 10.2 Å². The lowest BCUT2D eigenvalue weighted by molar-refractivity contribution is 0.106. The van der Waals surface area contributed by atoms with Gasteiger partial charge >= 0.3 is 0 Å². The Morgan fingerprint density at radius 2 is 1.75 bits per heavy atom. The number of nitrogens with zero attached hydrogens (tertiary/aromatic N) is 2. The molecule has 5 nitrogen and oxygen atoms in total. The molecule has 0 aliphatic rings. The van der Waals surface area contributed by atoms with Gasteiger partial charge in [0.25, 0.3) is 0 Å². The zero-order valence-corrected chi connectivity index (χ0v) is 14.6.